The van der Waals surface area contributed by atoms with Gasteiger partial charge in [-0.3, -0.25) is 0 Å². The third-order valence-electron chi connectivity index (χ3n) is 1.48. The van der Waals surface area contributed by atoms with E-state index in [1.165, 1.54) is 6.08 Å². The minimum Gasteiger partial charge on any atom is -0.512 e. The van der Waals surface area contributed by atoms with Crippen molar-refractivity contribution >= 4 is 14.3 Å². The van der Waals surface area contributed by atoms with Crippen LogP contribution in [0.5, 0.6) is 0 Å². The lowest BCUT2D eigenvalue weighted by molar-refractivity contribution is -0.130. The maximum Gasteiger partial charge on any atom is 0.335 e. The molecule has 0 radical (unpaired) electrons. The van der Waals surface area contributed by atoms with Gasteiger partial charge < -0.3 is 4.43 Å². The number of hydrogen-bond donors (Lipinski definition) is 0. The van der Waals surface area contributed by atoms with E-state index in [9.17, 15) is 4.79 Å². The van der Waals surface area contributed by atoms with Crippen molar-refractivity contribution in [3.8, 4) is 6.07 Å². The van der Waals surface area contributed by atoms with Crippen LogP contribution in [0.25, 0.3) is 0 Å². The van der Waals surface area contributed by atoms with Crippen molar-refractivity contribution < 1.29 is 9.22 Å². The summed E-state index contributed by atoms with van der Waals surface area (Å²) in [5, 5.41) is 8.54. The van der Waals surface area contributed by atoms with Gasteiger partial charge in [0.1, 0.15) is 11.6 Å². The van der Waals surface area contributed by atoms with E-state index in [0.717, 1.165) is 0 Å². The van der Waals surface area contributed by atoms with Gasteiger partial charge in [-0.2, -0.15) is 5.26 Å². The minimum absolute atomic E-state index is 0.0439. The van der Waals surface area contributed by atoms with Crippen molar-refractivity contribution in [2.75, 3.05) is 0 Å². The van der Waals surface area contributed by atoms with Crippen LogP contribution in [0.15, 0.2) is 23.9 Å². The lowest BCUT2D eigenvalue weighted by Crippen LogP contribution is -2.31. The molecule has 0 aliphatic carbocycles. The van der Waals surface area contributed by atoms with Crippen LogP contribution in [-0.4, -0.2) is 14.3 Å². The molecule has 0 heterocycles. The van der Waals surface area contributed by atoms with Gasteiger partial charge in [-0.25, -0.2) is 4.79 Å². The first-order valence-corrected chi connectivity index (χ1v) is 6.88. The van der Waals surface area contributed by atoms with Gasteiger partial charge in [0.15, 0.2) is 0 Å². The van der Waals surface area contributed by atoms with Crippen molar-refractivity contribution in [1.82, 2.24) is 0 Å². The molecule has 0 saturated carbocycles. The van der Waals surface area contributed by atoms with Gasteiger partial charge in [-0.15, -0.1) is 6.58 Å². The topological polar surface area (TPSA) is 50.1 Å². The van der Waals surface area contributed by atoms with Gasteiger partial charge in [-0.05, 0) is 20.0 Å². The van der Waals surface area contributed by atoms with Crippen molar-refractivity contribution in [2.45, 2.75) is 20.0 Å². The molecule has 0 fully saturated rings. The summed E-state index contributed by atoms with van der Waals surface area (Å²) in [6.45, 7) is 8.88. The summed E-state index contributed by atoms with van der Waals surface area (Å²) in [6.07, 6.45) is 1.44. The monoisotopic (exact) mass is 195 g/mol. The highest BCUT2D eigenvalue weighted by Crippen LogP contribution is 2.08. The fourth-order valence-electron chi connectivity index (χ4n) is 0.564. The van der Waals surface area contributed by atoms with Crippen LogP contribution in [0.3, 0.4) is 0 Å². The molecule has 0 aliphatic heterocycles. The van der Waals surface area contributed by atoms with Gasteiger partial charge in [-0.1, -0.05) is 11.8 Å². The Labute approximate surface area is 79.5 Å². The third kappa shape index (κ3) is 3.72. The summed E-state index contributed by atoms with van der Waals surface area (Å²) in [6, 6.07) is 1.77. The number of nitriles is 1. The SMILES string of the molecule is C=C[Si](C)(C)OC(=O)C(C#N)=CC. The Balaban J connectivity index is 4.51. The fourth-order valence-corrected chi connectivity index (χ4v) is 1.23. The second kappa shape index (κ2) is 4.63. The molecule has 3 nitrogen and oxygen atoms in total. The molecule has 0 amide bonds. The molecule has 4 heteroatoms. The number of hydrogen-bond acceptors (Lipinski definition) is 3. The molecule has 0 rings (SSSR count). The lowest BCUT2D eigenvalue weighted by Gasteiger charge is -2.17. The molecule has 0 unspecified atom stereocenters. The van der Waals surface area contributed by atoms with E-state index < -0.39 is 14.3 Å². The minimum atomic E-state index is -2.11. The number of rotatable bonds is 3. The molecule has 0 aromatic heterocycles. The van der Waals surface area contributed by atoms with Gasteiger partial charge in [0.2, 0.25) is 0 Å². The molecule has 0 aliphatic rings. The summed E-state index contributed by atoms with van der Waals surface area (Å²) in [5.74, 6) is -0.554. The Morgan fingerprint density at radius 2 is 2.15 bits per heavy atom. The normalized spacial score (nSPS) is 11.7. The number of carbonyl (C=O) groups is 1. The van der Waals surface area contributed by atoms with E-state index in [2.05, 4.69) is 6.58 Å². The molecule has 0 bridgehead atoms. The van der Waals surface area contributed by atoms with Crippen LogP contribution in [0.2, 0.25) is 13.1 Å². The van der Waals surface area contributed by atoms with Crippen LogP contribution in [-0.2, 0) is 9.22 Å². The lowest BCUT2D eigenvalue weighted by atomic mass is 10.3. The quantitative estimate of drug-likeness (QED) is 0.393. The highest BCUT2D eigenvalue weighted by atomic mass is 28.4. The molecule has 13 heavy (non-hydrogen) atoms. The predicted octanol–water partition coefficient (Wildman–Crippen LogP) is 1.93. The standard InChI is InChI=1S/C9H13NO2Si/c1-5-8(7-10)9(11)12-13(3,4)6-2/h5-6H,2H2,1,3-4H3. The second-order valence-electron chi connectivity index (χ2n) is 3.01. The third-order valence-corrected chi connectivity index (χ3v) is 3.17. The fraction of sp³-hybridized carbons (Fsp3) is 0.333. The summed E-state index contributed by atoms with van der Waals surface area (Å²) in [4.78, 5) is 11.3. The second-order valence-corrected chi connectivity index (χ2v) is 6.83. The van der Waals surface area contributed by atoms with E-state index in [-0.39, 0.29) is 5.57 Å². The first-order valence-electron chi connectivity index (χ1n) is 3.90. The first-order chi connectivity index (χ1) is 5.96. The van der Waals surface area contributed by atoms with Crippen molar-refractivity contribution in [1.29, 1.82) is 5.26 Å². The summed E-state index contributed by atoms with van der Waals surface area (Å²) in [5.41, 5.74) is 1.69. The molecule has 0 saturated heterocycles. The van der Waals surface area contributed by atoms with Crippen LogP contribution < -0.4 is 0 Å². The summed E-state index contributed by atoms with van der Waals surface area (Å²) < 4.78 is 5.12. The summed E-state index contributed by atoms with van der Waals surface area (Å²) >= 11 is 0. The first kappa shape index (κ1) is 11.7. The van der Waals surface area contributed by atoms with E-state index in [1.54, 1.807) is 18.7 Å². The Bertz CT molecular complexity index is 286. The largest absolute Gasteiger partial charge is 0.512 e. The number of carbonyl (C=O) groups excluding carboxylic acids is 1. The Morgan fingerprint density at radius 3 is 2.46 bits per heavy atom. The van der Waals surface area contributed by atoms with Crippen LogP contribution in [0.4, 0.5) is 0 Å². The predicted molar refractivity (Wildman–Crippen MR) is 53.1 cm³/mol. The summed E-state index contributed by atoms with van der Waals surface area (Å²) in [7, 11) is -2.11. The van der Waals surface area contributed by atoms with Crippen LogP contribution in [0, 0.1) is 11.3 Å². The zero-order valence-electron chi connectivity index (χ0n) is 8.13. The van der Waals surface area contributed by atoms with Gasteiger partial charge >= 0.3 is 5.97 Å². The molecule has 0 aromatic carbocycles. The zero-order valence-corrected chi connectivity index (χ0v) is 9.13. The van der Waals surface area contributed by atoms with Crippen molar-refractivity contribution in [3.63, 3.8) is 0 Å². The van der Waals surface area contributed by atoms with Crippen LogP contribution >= 0.6 is 0 Å². The van der Waals surface area contributed by atoms with Gasteiger partial charge in [0, 0.05) is 0 Å². The zero-order chi connectivity index (χ0) is 10.5. The van der Waals surface area contributed by atoms with Gasteiger partial charge in [0.05, 0.1) is 0 Å². The highest BCUT2D eigenvalue weighted by molar-refractivity contribution is 6.77. The van der Waals surface area contributed by atoms with E-state index in [0.29, 0.717) is 0 Å². The average Bonchev–Trinajstić information content (AvgIpc) is 2.06. The van der Waals surface area contributed by atoms with E-state index in [1.807, 2.05) is 13.1 Å². The van der Waals surface area contributed by atoms with E-state index >= 15 is 0 Å². The van der Waals surface area contributed by atoms with E-state index in [4.69, 9.17) is 9.69 Å². The molecule has 0 N–H and O–H groups in total. The molecule has 70 valence electrons. The Kier molecular flexibility index (Phi) is 4.15. The van der Waals surface area contributed by atoms with Gasteiger partial charge in [0.25, 0.3) is 8.32 Å². The Hall–Kier alpha value is -1.34. The number of nitrogens with zero attached hydrogens (tertiary/aromatic N) is 1. The molecule has 0 atom stereocenters. The van der Waals surface area contributed by atoms with Crippen LogP contribution in [0.1, 0.15) is 6.92 Å². The maximum atomic E-state index is 11.3. The smallest absolute Gasteiger partial charge is 0.335 e. The van der Waals surface area contributed by atoms with Crippen molar-refractivity contribution in [3.05, 3.63) is 23.9 Å². The number of allylic oxidation sites excluding steroid dienone is 1. The molecule has 0 aromatic rings. The Morgan fingerprint density at radius 1 is 1.62 bits per heavy atom. The highest BCUT2D eigenvalue weighted by Gasteiger charge is 2.24. The molecular formula is C9H13NO2Si. The average molecular weight is 195 g/mol. The molecule has 0 spiro atoms. The molecular weight excluding hydrogens is 182 g/mol. The van der Waals surface area contributed by atoms with Crippen molar-refractivity contribution in [2.24, 2.45) is 0 Å². The maximum absolute atomic E-state index is 11.3.